The normalized spacial score (nSPS) is 25.5. The Morgan fingerprint density at radius 3 is 2.70 bits per heavy atom. The summed E-state index contributed by atoms with van der Waals surface area (Å²) in [7, 11) is 0. The van der Waals surface area contributed by atoms with Crippen LogP contribution in [0.15, 0.2) is 18.5 Å². The number of rotatable bonds is 5. The number of hydrogen-bond donors (Lipinski definition) is 3. The standard InChI is InChI=1S/C18H22ClFN4O3/c1-17(20)3-5-18(27,6-4-17)10-23-16(26)11-8-24(9-13(21)25)15-14(11)12(19)2-7-22-15/h2,7-8,27H,3-6,9-10H2,1H3,(H2,21,25)(H,23,26). The van der Waals surface area contributed by atoms with Crippen LogP contribution in [0, 0.1) is 0 Å². The second kappa shape index (κ2) is 7.09. The highest BCUT2D eigenvalue weighted by Gasteiger charge is 2.39. The fourth-order valence-corrected chi connectivity index (χ4v) is 3.63. The van der Waals surface area contributed by atoms with Gasteiger partial charge in [-0.2, -0.15) is 0 Å². The van der Waals surface area contributed by atoms with E-state index in [1.165, 1.54) is 23.9 Å². The number of aromatic nitrogens is 2. The number of nitrogens with zero attached hydrogens (tertiary/aromatic N) is 2. The molecule has 2 aromatic heterocycles. The smallest absolute Gasteiger partial charge is 0.253 e. The summed E-state index contributed by atoms with van der Waals surface area (Å²) in [6.45, 7) is 1.38. The molecule has 0 saturated heterocycles. The monoisotopic (exact) mass is 396 g/mol. The van der Waals surface area contributed by atoms with Crippen LogP contribution >= 0.6 is 11.6 Å². The maximum absolute atomic E-state index is 13.9. The number of halogens is 2. The van der Waals surface area contributed by atoms with Crippen molar-refractivity contribution in [1.29, 1.82) is 0 Å². The second-order valence-corrected chi connectivity index (χ2v) is 7.86. The maximum Gasteiger partial charge on any atom is 0.253 e. The summed E-state index contributed by atoms with van der Waals surface area (Å²) in [6, 6.07) is 1.55. The predicted octanol–water partition coefficient (Wildman–Crippen LogP) is 1.94. The van der Waals surface area contributed by atoms with Crippen LogP contribution in [-0.4, -0.2) is 44.3 Å². The van der Waals surface area contributed by atoms with Gasteiger partial charge in [0.2, 0.25) is 5.91 Å². The highest BCUT2D eigenvalue weighted by Crippen LogP contribution is 2.37. The zero-order valence-electron chi connectivity index (χ0n) is 15.0. The van der Waals surface area contributed by atoms with E-state index in [0.29, 0.717) is 16.1 Å². The van der Waals surface area contributed by atoms with Crippen LogP contribution in [0.5, 0.6) is 0 Å². The highest BCUT2D eigenvalue weighted by molar-refractivity contribution is 6.36. The molecule has 0 spiro atoms. The van der Waals surface area contributed by atoms with Crippen LogP contribution in [0.2, 0.25) is 5.02 Å². The molecule has 0 atom stereocenters. The van der Waals surface area contributed by atoms with Gasteiger partial charge in [-0.15, -0.1) is 0 Å². The van der Waals surface area contributed by atoms with E-state index in [4.69, 9.17) is 17.3 Å². The van der Waals surface area contributed by atoms with Crippen molar-refractivity contribution in [3.63, 3.8) is 0 Å². The van der Waals surface area contributed by atoms with Crippen molar-refractivity contribution in [3.8, 4) is 0 Å². The average molecular weight is 397 g/mol. The van der Waals surface area contributed by atoms with Crippen LogP contribution in [-0.2, 0) is 11.3 Å². The number of hydrogen-bond acceptors (Lipinski definition) is 4. The number of nitrogens with two attached hydrogens (primary N) is 1. The molecule has 1 aliphatic rings. The van der Waals surface area contributed by atoms with Crippen LogP contribution in [0.3, 0.4) is 0 Å². The van der Waals surface area contributed by atoms with E-state index in [1.807, 2.05) is 0 Å². The van der Waals surface area contributed by atoms with Gasteiger partial charge in [0.15, 0.2) is 0 Å². The van der Waals surface area contributed by atoms with Gasteiger partial charge in [-0.25, -0.2) is 9.37 Å². The van der Waals surface area contributed by atoms with E-state index in [1.54, 1.807) is 6.07 Å². The molecule has 2 amide bonds. The lowest BCUT2D eigenvalue weighted by Crippen LogP contribution is -2.47. The Labute approximate surface area is 160 Å². The molecular weight excluding hydrogens is 375 g/mol. The van der Waals surface area contributed by atoms with Gasteiger partial charge in [0.25, 0.3) is 5.91 Å². The number of pyridine rings is 1. The van der Waals surface area contributed by atoms with E-state index < -0.39 is 23.1 Å². The third-order valence-corrected chi connectivity index (χ3v) is 5.39. The second-order valence-electron chi connectivity index (χ2n) is 7.45. The summed E-state index contributed by atoms with van der Waals surface area (Å²) in [5.41, 5.74) is 3.43. The molecular formula is C18H22ClFN4O3. The summed E-state index contributed by atoms with van der Waals surface area (Å²) in [4.78, 5) is 28.2. The molecule has 4 N–H and O–H groups in total. The summed E-state index contributed by atoms with van der Waals surface area (Å²) in [5, 5.41) is 14.0. The lowest BCUT2D eigenvalue weighted by atomic mass is 9.78. The summed E-state index contributed by atoms with van der Waals surface area (Å²) >= 11 is 6.22. The first-order chi connectivity index (χ1) is 12.6. The van der Waals surface area contributed by atoms with E-state index in [0.717, 1.165) is 0 Å². The van der Waals surface area contributed by atoms with Crippen molar-refractivity contribution >= 4 is 34.4 Å². The minimum Gasteiger partial charge on any atom is -0.388 e. The number of alkyl halides is 1. The van der Waals surface area contributed by atoms with Crippen LogP contribution in [0.1, 0.15) is 43.0 Å². The first-order valence-corrected chi connectivity index (χ1v) is 9.09. The largest absolute Gasteiger partial charge is 0.388 e. The fourth-order valence-electron chi connectivity index (χ4n) is 3.39. The highest BCUT2D eigenvalue weighted by atomic mass is 35.5. The fraction of sp³-hybridized carbons (Fsp3) is 0.500. The zero-order chi connectivity index (χ0) is 19.8. The molecule has 2 heterocycles. The van der Waals surface area contributed by atoms with Gasteiger partial charge < -0.3 is 20.7 Å². The molecule has 1 saturated carbocycles. The average Bonchev–Trinajstić information content (AvgIpc) is 2.96. The van der Waals surface area contributed by atoms with Gasteiger partial charge in [0.05, 0.1) is 21.6 Å². The molecule has 2 aromatic rings. The van der Waals surface area contributed by atoms with Gasteiger partial charge in [0, 0.05) is 18.9 Å². The van der Waals surface area contributed by atoms with Crippen molar-refractivity contribution in [1.82, 2.24) is 14.9 Å². The third kappa shape index (κ3) is 4.22. The molecule has 0 unspecified atom stereocenters. The molecule has 7 nitrogen and oxygen atoms in total. The van der Waals surface area contributed by atoms with Crippen molar-refractivity contribution in [2.24, 2.45) is 5.73 Å². The van der Waals surface area contributed by atoms with Crippen molar-refractivity contribution < 1.29 is 19.1 Å². The van der Waals surface area contributed by atoms with Gasteiger partial charge in [0.1, 0.15) is 17.9 Å². The lowest BCUT2D eigenvalue weighted by molar-refractivity contribution is -0.118. The first-order valence-electron chi connectivity index (χ1n) is 8.71. The SMILES string of the molecule is CC1(F)CCC(O)(CNC(=O)c2cn(CC(N)=O)c3nccc(Cl)c23)CC1. The minimum atomic E-state index is -1.28. The molecule has 0 radical (unpaired) electrons. The molecule has 9 heteroatoms. The molecule has 0 aromatic carbocycles. The minimum absolute atomic E-state index is 0.00227. The third-order valence-electron chi connectivity index (χ3n) is 5.08. The van der Waals surface area contributed by atoms with Gasteiger partial charge in [-0.1, -0.05) is 11.6 Å². The zero-order valence-corrected chi connectivity index (χ0v) is 15.7. The number of primary amides is 1. The molecule has 3 rings (SSSR count). The predicted molar refractivity (Wildman–Crippen MR) is 99.2 cm³/mol. The number of nitrogens with one attached hydrogen (secondary N) is 1. The maximum atomic E-state index is 13.9. The van der Waals surface area contributed by atoms with E-state index in [2.05, 4.69) is 10.3 Å². The Hall–Kier alpha value is -2.19. The van der Waals surface area contributed by atoms with Crippen molar-refractivity contribution in [2.75, 3.05) is 6.54 Å². The van der Waals surface area contributed by atoms with Crippen LogP contribution in [0.25, 0.3) is 11.0 Å². The number of carbonyl (C=O) groups is 2. The Morgan fingerprint density at radius 2 is 2.07 bits per heavy atom. The Kier molecular flexibility index (Phi) is 5.14. The van der Waals surface area contributed by atoms with Crippen LogP contribution in [0.4, 0.5) is 4.39 Å². The van der Waals surface area contributed by atoms with E-state index in [-0.39, 0.29) is 44.3 Å². The quantitative estimate of drug-likeness (QED) is 0.717. The Balaban J connectivity index is 1.81. The number of aliphatic hydroxyl groups is 1. The molecule has 146 valence electrons. The van der Waals surface area contributed by atoms with Crippen LogP contribution < -0.4 is 11.1 Å². The number of amides is 2. The summed E-state index contributed by atoms with van der Waals surface area (Å²) in [6.07, 6.45) is 3.97. The number of carbonyl (C=O) groups excluding carboxylic acids is 2. The Bertz CT molecular complexity index is 886. The van der Waals surface area contributed by atoms with Crippen molar-refractivity contribution in [2.45, 2.75) is 50.4 Å². The summed E-state index contributed by atoms with van der Waals surface area (Å²) < 4.78 is 15.4. The lowest BCUT2D eigenvalue weighted by Gasteiger charge is -2.37. The molecule has 1 fully saturated rings. The Morgan fingerprint density at radius 1 is 1.41 bits per heavy atom. The van der Waals surface area contributed by atoms with E-state index >= 15 is 0 Å². The summed E-state index contributed by atoms with van der Waals surface area (Å²) in [5.74, 6) is -1.04. The molecule has 0 aliphatic heterocycles. The van der Waals surface area contributed by atoms with Gasteiger partial charge >= 0.3 is 0 Å². The van der Waals surface area contributed by atoms with Gasteiger partial charge in [-0.05, 0) is 38.7 Å². The molecule has 1 aliphatic carbocycles. The van der Waals surface area contributed by atoms with Gasteiger partial charge in [-0.3, -0.25) is 9.59 Å². The molecule has 27 heavy (non-hydrogen) atoms. The van der Waals surface area contributed by atoms with Crippen molar-refractivity contribution in [3.05, 3.63) is 29.0 Å². The molecule has 0 bridgehead atoms. The van der Waals surface area contributed by atoms with E-state index in [9.17, 15) is 19.1 Å². The number of fused-ring (bicyclic) bond motifs is 1. The topological polar surface area (TPSA) is 110 Å². The first kappa shape index (κ1) is 19.6.